The highest BCUT2D eigenvalue weighted by atomic mass is 35.5. The van der Waals surface area contributed by atoms with E-state index in [1.54, 1.807) is 0 Å². The molecule has 0 saturated heterocycles. The second kappa shape index (κ2) is 2.82. The van der Waals surface area contributed by atoms with E-state index in [1.165, 1.54) is 12.8 Å². The Labute approximate surface area is 73.6 Å². The number of hydrogen-bond donors (Lipinski definition) is 0. The molecule has 0 heterocycles. The fraction of sp³-hybridized carbons (Fsp3) is 0.800. The number of rotatable bonds is 2. The van der Waals surface area contributed by atoms with Crippen molar-refractivity contribution < 1.29 is 0 Å². The lowest BCUT2D eigenvalue weighted by Gasteiger charge is -2.24. The summed E-state index contributed by atoms with van der Waals surface area (Å²) in [6.07, 6.45) is 7.48. The van der Waals surface area contributed by atoms with Crippen molar-refractivity contribution in [2.45, 2.75) is 19.8 Å². The van der Waals surface area contributed by atoms with Crippen LogP contribution in [-0.2, 0) is 0 Å². The molecular formula is C10H15Cl. The van der Waals surface area contributed by atoms with Crippen LogP contribution >= 0.6 is 11.6 Å². The van der Waals surface area contributed by atoms with Gasteiger partial charge in [0.1, 0.15) is 0 Å². The molecule has 0 N–H and O–H groups in total. The molecule has 2 aliphatic carbocycles. The minimum absolute atomic E-state index is 0.789. The van der Waals surface area contributed by atoms with Crippen LogP contribution in [0.5, 0.6) is 0 Å². The summed E-state index contributed by atoms with van der Waals surface area (Å²) in [7, 11) is 0. The molecule has 1 saturated carbocycles. The van der Waals surface area contributed by atoms with Crippen molar-refractivity contribution in [1.29, 1.82) is 0 Å². The van der Waals surface area contributed by atoms with Crippen LogP contribution in [0.25, 0.3) is 0 Å². The Hall–Kier alpha value is 0.0300. The van der Waals surface area contributed by atoms with Crippen molar-refractivity contribution in [3.63, 3.8) is 0 Å². The first-order valence-electron chi connectivity index (χ1n) is 4.61. The van der Waals surface area contributed by atoms with Crippen LogP contribution in [0.15, 0.2) is 12.2 Å². The van der Waals surface area contributed by atoms with Gasteiger partial charge in [-0.2, -0.15) is 0 Å². The van der Waals surface area contributed by atoms with Crippen LogP contribution < -0.4 is 0 Å². The van der Waals surface area contributed by atoms with Crippen molar-refractivity contribution in [2.24, 2.45) is 23.7 Å². The highest BCUT2D eigenvalue weighted by Gasteiger charge is 2.42. The summed E-state index contributed by atoms with van der Waals surface area (Å²) < 4.78 is 0. The zero-order valence-electron chi connectivity index (χ0n) is 6.96. The molecule has 0 aromatic heterocycles. The Morgan fingerprint density at radius 1 is 1.27 bits per heavy atom. The number of alkyl halides is 1. The number of fused-ring (bicyclic) bond motifs is 2. The fourth-order valence-corrected chi connectivity index (χ4v) is 3.32. The second-order valence-corrected chi connectivity index (χ2v) is 4.15. The molecule has 0 aromatic carbocycles. The summed E-state index contributed by atoms with van der Waals surface area (Å²) >= 11 is 5.94. The SMILES string of the molecule is CCC1C2C=CC(C2)C1CCl. The smallest absolute Gasteiger partial charge is 0.0260 e. The topological polar surface area (TPSA) is 0 Å². The first-order chi connectivity index (χ1) is 5.36. The maximum Gasteiger partial charge on any atom is 0.0260 e. The normalized spacial score (nSPS) is 47.1. The molecule has 0 amide bonds. The molecule has 62 valence electrons. The minimum Gasteiger partial charge on any atom is -0.126 e. The van der Waals surface area contributed by atoms with Crippen LogP contribution in [0.1, 0.15) is 19.8 Å². The van der Waals surface area contributed by atoms with E-state index >= 15 is 0 Å². The van der Waals surface area contributed by atoms with Crippen LogP contribution in [-0.4, -0.2) is 5.88 Å². The molecule has 4 unspecified atom stereocenters. The van der Waals surface area contributed by atoms with Gasteiger partial charge in [-0.05, 0) is 30.1 Å². The number of allylic oxidation sites excluding steroid dienone is 2. The minimum atomic E-state index is 0.789. The highest BCUT2D eigenvalue weighted by molar-refractivity contribution is 6.18. The summed E-state index contributed by atoms with van der Waals surface area (Å²) in [6, 6.07) is 0. The zero-order chi connectivity index (χ0) is 7.84. The molecule has 0 aromatic rings. The van der Waals surface area contributed by atoms with Gasteiger partial charge in [-0.3, -0.25) is 0 Å². The Balaban J connectivity index is 2.15. The standard InChI is InChI=1S/C10H15Cl/c1-2-9-7-3-4-8(5-7)10(9)6-11/h3-4,7-10H,2,5-6H2,1H3. The van der Waals surface area contributed by atoms with E-state index in [0.29, 0.717) is 0 Å². The van der Waals surface area contributed by atoms with Crippen molar-refractivity contribution in [3.05, 3.63) is 12.2 Å². The third-order valence-electron chi connectivity index (χ3n) is 3.45. The van der Waals surface area contributed by atoms with Gasteiger partial charge >= 0.3 is 0 Å². The van der Waals surface area contributed by atoms with E-state index in [2.05, 4.69) is 19.1 Å². The van der Waals surface area contributed by atoms with E-state index in [4.69, 9.17) is 11.6 Å². The first-order valence-corrected chi connectivity index (χ1v) is 5.14. The summed E-state index contributed by atoms with van der Waals surface area (Å²) in [5.41, 5.74) is 0. The monoisotopic (exact) mass is 170 g/mol. The maximum atomic E-state index is 5.94. The average molecular weight is 171 g/mol. The molecule has 11 heavy (non-hydrogen) atoms. The summed E-state index contributed by atoms with van der Waals surface area (Å²) in [5.74, 6) is 4.24. The molecule has 2 aliphatic rings. The molecule has 0 radical (unpaired) electrons. The predicted octanol–water partition coefficient (Wildman–Crippen LogP) is 3.07. The largest absolute Gasteiger partial charge is 0.126 e. The van der Waals surface area contributed by atoms with Gasteiger partial charge in [-0.15, -0.1) is 11.6 Å². The van der Waals surface area contributed by atoms with Gasteiger partial charge in [0.2, 0.25) is 0 Å². The van der Waals surface area contributed by atoms with E-state index in [0.717, 1.165) is 29.6 Å². The van der Waals surface area contributed by atoms with Crippen molar-refractivity contribution in [2.75, 3.05) is 5.88 Å². The van der Waals surface area contributed by atoms with Crippen molar-refractivity contribution in [1.82, 2.24) is 0 Å². The van der Waals surface area contributed by atoms with Crippen LogP contribution in [0.4, 0.5) is 0 Å². The molecule has 1 heteroatoms. The summed E-state index contributed by atoms with van der Waals surface area (Å²) in [4.78, 5) is 0. The van der Waals surface area contributed by atoms with Crippen molar-refractivity contribution >= 4 is 11.6 Å². The number of hydrogen-bond acceptors (Lipinski definition) is 0. The predicted molar refractivity (Wildman–Crippen MR) is 48.7 cm³/mol. The van der Waals surface area contributed by atoms with E-state index in [1.807, 2.05) is 0 Å². The van der Waals surface area contributed by atoms with Gasteiger partial charge < -0.3 is 0 Å². The van der Waals surface area contributed by atoms with Crippen molar-refractivity contribution in [3.8, 4) is 0 Å². The fourth-order valence-electron chi connectivity index (χ4n) is 2.86. The molecular weight excluding hydrogens is 156 g/mol. The van der Waals surface area contributed by atoms with E-state index in [9.17, 15) is 0 Å². The van der Waals surface area contributed by atoms with Crippen LogP contribution in [0, 0.1) is 23.7 Å². The van der Waals surface area contributed by atoms with Gasteiger partial charge in [-0.25, -0.2) is 0 Å². The third-order valence-corrected chi connectivity index (χ3v) is 3.81. The quantitative estimate of drug-likeness (QED) is 0.442. The average Bonchev–Trinajstić information content (AvgIpc) is 2.60. The Morgan fingerprint density at radius 3 is 2.36 bits per heavy atom. The lowest BCUT2D eigenvalue weighted by Crippen LogP contribution is -2.19. The van der Waals surface area contributed by atoms with Crippen LogP contribution in [0.2, 0.25) is 0 Å². The maximum absolute atomic E-state index is 5.94. The van der Waals surface area contributed by atoms with Gasteiger partial charge in [0.05, 0.1) is 0 Å². The van der Waals surface area contributed by atoms with E-state index in [-0.39, 0.29) is 0 Å². The molecule has 4 atom stereocenters. The summed E-state index contributed by atoms with van der Waals surface area (Å²) in [6.45, 7) is 2.29. The summed E-state index contributed by atoms with van der Waals surface area (Å²) in [5, 5.41) is 0. The Kier molecular flexibility index (Phi) is 1.97. The molecule has 0 aliphatic heterocycles. The zero-order valence-corrected chi connectivity index (χ0v) is 7.72. The molecule has 2 rings (SSSR count). The van der Waals surface area contributed by atoms with Gasteiger partial charge in [0.15, 0.2) is 0 Å². The first kappa shape index (κ1) is 7.67. The molecule has 1 fully saturated rings. The Bertz CT molecular complexity index is 156. The molecule has 0 nitrogen and oxygen atoms in total. The molecule has 0 spiro atoms. The lowest BCUT2D eigenvalue weighted by molar-refractivity contribution is 0.329. The van der Waals surface area contributed by atoms with Gasteiger partial charge in [0, 0.05) is 5.88 Å². The molecule has 2 bridgehead atoms. The van der Waals surface area contributed by atoms with E-state index < -0.39 is 0 Å². The van der Waals surface area contributed by atoms with Gasteiger partial charge in [0.25, 0.3) is 0 Å². The third kappa shape index (κ3) is 1.03. The Morgan fingerprint density at radius 2 is 1.91 bits per heavy atom. The number of halogens is 1. The lowest BCUT2D eigenvalue weighted by atomic mass is 9.83. The second-order valence-electron chi connectivity index (χ2n) is 3.84. The van der Waals surface area contributed by atoms with Crippen LogP contribution in [0.3, 0.4) is 0 Å². The van der Waals surface area contributed by atoms with Gasteiger partial charge in [-0.1, -0.05) is 25.5 Å². The highest BCUT2D eigenvalue weighted by Crippen LogP contribution is 2.49.